The minimum atomic E-state index is 0.907. The van der Waals surface area contributed by atoms with Crippen LogP contribution in [0.4, 0.5) is 0 Å². The zero-order valence-electron chi connectivity index (χ0n) is 7.53. The maximum absolute atomic E-state index is 3.96. The molecule has 0 heterocycles. The summed E-state index contributed by atoms with van der Waals surface area (Å²) in [5, 5.41) is 0. The van der Waals surface area contributed by atoms with Crippen LogP contribution in [0.3, 0.4) is 0 Å². The monoisotopic (exact) mass is 141 g/mol. The van der Waals surface area contributed by atoms with Crippen LogP contribution in [0, 0.1) is 12.8 Å². The maximum atomic E-state index is 3.96. The summed E-state index contributed by atoms with van der Waals surface area (Å²) in [6.45, 7) is 8.47. The van der Waals surface area contributed by atoms with Crippen molar-refractivity contribution in [2.24, 2.45) is 5.92 Å². The van der Waals surface area contributed by atoms with Crippen molar-refractivity contribution in [3.63, 3.8) is 0 Å². The SMILES string of the molecule is [CH2]CC(CCC)CCCC. The van der Waals surface area contributed by atoms with Gasteiger partial charge in [-0.15, -0.1) is 0 Å². The quantitative estimate of drug-likeness (QED) is 0.527. The molecule has 0 heteroatoms. The molecule has 0 aromatic rings. The first kappa shape index (κ1) is 10.0. The van der Waals surface area contributed by atoms with Gasteiger partial charge >= 0.3 is 0 Å². The Labute approximate surface area is 66.0 Å². The summed E-state index contributed by atoms with van der Waals surface area (Å²) in [6, 6.07) is 0. The van der Waals surface area contributed by atoms with Crippen LogP contribution in [0.5, 0.6) is 0 Å². The molecule has 0 saturated heterocycles. The van der Waals surface area contributed by atoms with E-state index in [9.17, 15) is 0 Å². The second-order valence-electron chi connectivity index (χ2n) is 3.09. The van der Waals surface area contributed by atoms with Crippen molar-refractivity contribution in [3.8, 4) is 0 Å². The van der Waals surface area contributed by atoms with Gasteiger partial charge in [-0.25, -0.2) is 0 Å². The average Bonchev–Trinajstić information content (AvgIpc) is 1.98. The van der Waals surface area contributed by atoms with Crippen molar-refractivity contribution < 1.29 is 0 Å². The van der Waals surface area contributed by atoms with Gasteiger partial charge in [-0.2, -0.15) is 0 Å². The Kier molecular flexibility index (Phi) is 7.11. The molecule has 0 aliphatic heterocycles. The summed E-state index contributed by atoms with van der Waals surface area (Å²) in [7, 11) is 0. The second-order valence-corrected chi connectivity index (χ2v) is 3.09. The van der Waals surface area contributed by atoms with Crippen molar-refractivity contribution in [2.75, 3.05) is 0 Å². The highest BCUT2D eigenvalue weighted by Gasteiger charge is 2.02. The third-order valence-corrected chi connectivity index (χ3v) is 2.07. The first-order chi connectivity index (χ1) is 4.85. The van der Waals surface area contributed by atoms with Crippen molar-refractivity contribution >= 4 is 0 Å². The van der Waals surface area contributed by atoms with Crippen LogP contribution in [-0.4, -0.2) is 0 Å². The molecule has 0 N–H and O–H groups in total. The molecule has 0 aliphatic carbocycles. The van der Waals surface area contributed by atoms with Gasteiger partial charge in [0.25, 0.3) is 0 Å². The molecule has 0 aromatic carbocycles. The van der Waals surface area contributed by atoms with E-state index >= 15 is 0 Å². The molecule has 10 heavy (non-hydrogen) atoms. The first-order valence-electron chi connectivity index (χ1n) is 4.64. The zero-order chi connectivity index (χ0) is 7.82. The predicted octanol–water partition coefficient (Wildman–Crippen LogP) is 3.82. The van der Waals surface area contributed by atoms with E-state index in [1.807, 2.05) is 0 Å². The molecule has 0 saturated carbocycles. The normalized spacial score (nSPS) is 13.5. The van der Waals surface area contributed by atoms with Crippen molar-refractivity contribution in [2.45, 2.75) is 52.4 Å². The Bertz CT molecular complexity index is 57.1. The van der Waals surface area contributed by atoms with E-state index in [1.54, 1.807) is 0 Å². The van der Waals surface area contributed by atoms with Crippen LogP contribution in [0.15, 0.2) is 0 Å². The van der Waals surface area contributed by atoms with Gasteiger partial charge < -0.3 is 0 Å². The second kappa shape index (κ2) is 7.11. The molecule has 0 bridgehead atoms. The molecular weight excluding hydrogens is 120 g/mol. The third-order valence-electron chi connectivity index (χ3n) is 2.07. The molecule has 0 aliphatic rings. The lowest BCUT2D eigenvalue weighted by Gasteiger charge is -2.11. The van der Waals surface area contributed by atoms with Crippen LogP contribution in [0.2, 0.25) is 0 Å². The van der Waals surface area contributed by atoms with E-state index in [1.165, 1.54) is 32.1 Å². The van der Waals surface area contributed by atoms with Gasteiger partial charge in [-0.1, -0.05) is 59.3 Å². The molecular formula is C10H21. The first-order valence-corrected chi connectivity index (χ1v) is 4.64. The van der Waals surface area contributed by atoms with Gasteiger partial charge in [0.15, 0.2) is 0 Å². The Morgan fingerprint density at radius 2 is 1.80 bits per heavy atom. The van der Waals surface area contributed by atoms with Crippen LogP contribution in [-0.2, 0) is 0 Å². The standard InChI is InChI=1S/C10H21/c1-4-7-9-10(6-3)8-5-2/h10H,3-9H2,1-2H3. The highest BCUT2D eigenvalue weighted by molar-refractivity contribution is 4.59. The number of hydrogen-bond donors (Lipinski definition) is 0. The van der Waals surface area contributed by atoms with Gasteiger partial charge in [0, 0.05) is 0 Å². The molecule has 0 rings (SSSR count). The maximum Gasteiger partial charge on any atom is -0.0414 e. The van der Waals surface area contributed by atoms with E-state index in [0.29, 0.717) is 0 Å². The molecule has 0 nitrogen and oxygen atoms in total. The van der Waals surface area contributed by atoms with Crippen molar-refractivity contribution in [1.82, 2.24) is 0 Å². The lowest BCUT2D eigenvalue weighted by Crippen LogP contribution is -1.97. The van der Waals surface area contributed by atoms with E-state index < -0.39 is 0 Å². The number of hydrogen-bond acceptors (Lipinski definition) is 0. The Balaban J connectivity index is 3.21. The van der Waals surface area contributed by atoms with Gasteiger partial charge in [0.2, 0.25) is 0 Å². The fraction of sp³-hybridized carbons (Fsp3) is 0.900. The highest BCUT2D eigenvalue weighted by atomic mass is 14.1. The zero-order valence-corrected chi connectivity index (χ0v) is 7.53. The van der Waals surface area contributed by atoms with Gasteiger partial charge in [0.1, 0.15) is 0 Å². The average molecular weight is 141 g/mol. The summed E-state index contributed by atoms with van der Waals surface area (Å²) in [6.07, 6.45) is 7.95. The van der Waals surface area contributed by atoms with E-state index in [0.717, 1.165) is 12.3 Å². The Hall–Kier alpha value is 0. The molecule has 1 unspecified atom stereocenters. The summed E-state index contributed by atoms with van der Waals surface area (Å²) in [5.41, 5.74) is 0. The van der Waals surface area contributed by atoms with Crippen LogP contribution in [0.25, 0.3) is 0 Å². The molecule has 0 spiro atoms. The lowest BCUT2D eigenvalue weighted by atomic mass is 9.95. The summed E-state index contributed by atoms with van der Waals surface area (Å²) in [4.78, 5) is 0. The Morgan fingerprint density at radius 1 is 1.10 bits per heavy atom. The van der Waals surface area contributed by atoms with Crippen LogP contribution in [0.1, 0.15) is 52.4 Å². The van der Waals surface area contributed by atoms with Gasteiger partial charge in [-0.3, -0.25) is 0 Å². The van der Waals surface area contributed by atoms with Crippen LogP contribution >= 0.6 is 0 Å². The molecule has 1 atom stereocenters. The van der Waals surface area contributed by atoms with Crippen molar-refractivity contribution in [1.29, 1.82) is 0 Å². The topological polar surface area (TPSA) is 0 Å². The highest BCUT2D eigenvalue weighted by Crippen LogP contribution is 2.17. The van der Waals surface area contributed by atoms with E-state index in [-0.39, 0.29) is 0 Å². The van der Waals surface area contributed by atoms with Gasteiger partial charge in [0.05, 0.1) is 0 Å². The third kappa shape index (κ3) is 4.84. The molecule has 61 valence electrons. The fourth-order valence-electron chi connectivity index (χ4n) is 1.33. The number of unbranched alkanes of at least 4 members (excludes halogenated alkanes) is 1. The lowest BCUT2D eigenvalue weighted by molar-refractivity contribution is 0.432. The van der Waals surface area contributed by atoms with Crippen LogP contribution < -0.4 is 0 Å². The molecule has 0 aromatic heterocycles. The minimum Gasteiger partial charge on any atom is -0.0654 e. The molecule has 0 amide bonds. The summed E-state index contributed by atoms with van der Waals surface area (Å²) >= 11 is 0. The number of rotatable bonds is 6. The molecule has 1 radical (unpaired) electrons. The van der Waals surface area contributed by atoms with Gasteiger partial charge in [-0.05, 0) is 5.92 Å². The summed E-state index contributed by atoms with van der Waals surface area (Å²) < 4.78 is 0. The smallest absolute Gasteiger partial charge is 0.0414 e. The largest absolute Gasteiger partial charge is 0.0654 e. The van der Waals surface area contributed by atoms with E-state index in [4.69, 9.17) is 0 Å². The summed E-state index contributed by atoms with van der Waals surface area (Å²) in [5.74, 6) is 0.907. The van der Waals surface area contributed by atoms with E-state index in [2.05, 4.69) is 20.8 Å². The molecule has 0 fully saturated rings. The fourth-order valence-corrected chi connectivity index (χ4v) is 1.33. The Morgan fingerprint density at radius 3 is 2.20 bits per heavy atom. The predicted molar refractivity (Wildman–Crippen MR) is 47.9 cm³/mol. The minimum absolute atomic E-state index is 0.907. The van der Waals surface area contributed by atoms with Crippen molar-refractivity contribution in [3.05, 3.63) is 6.92 Å².